The summed E-state index contributed by atoms with van der Waals surface area (Å²) in [6.45, 7) is 3.95. The highest BCUT2D eigenvalue weighted by Gasteiger charge is 2.40. The van der Waals surface area contributed by atoms with Gasteiger partial charge in [-0.3, -0.25) is 4.79 Å². The first-order chi connectivity index (χ1) is 16.3. The fourth-order valence-corrected chi connectivity index (χ4v) is 5.72. The van der Waals surface area contributed by atoms with Gasteiger partial charge in [0.05, 0.1) is 17.8 Å². The molecule has 0 aliphatic carbocycles. The summed E-state index contributed by atoms with van der Waals surface area (Å²) in [7, 11) is 1.63. The summed E-state index contributed by atoms with van der Waals surface area (Å²) < 4.78 is 40.9. The molecule has 2 aliphatic heterocycles. The topological polar surface area (TPSA) is 92.1 Å². The summed E-state index contributed by atoms with van der Waals surface area (Å²) in [6, 6.07) is 2.08. The number of fused-ring (bicyclic) bond motifs is 2. The Morgan fingerprint density at radius 3 is 2.76 bits per heavy atom. The highest BCUT2D eigenvalue weighted by molar-refractivity contribution is 7.18. The molecular formula is C21H25F3N8OS. The molecule has 2 aliphatic rings. The molecule has 0 unspecified atom stereocenters. The molecule has 3 aromatic heterocycles. The number of hydrogen-bond acceptors (Lipinski definition) is 8. The van der Waals surface area contributed by atoms with Gasteiger partial charge in [0.15, 0.2) is 5.82 Å². The number of hydrogen-bond donors (Lipinski definition) is 1. The molecule has 0 radical (unpaired) electrons. The molecule has 0 bridgehead atoms. The van der Waals surface area contributed by atoms with E-state index in [9.17, 15) is 18.0 Å². The van der Waals surface area contributed by atoms with Crippen molar-refractivity contribution in [2.45, 2.75) is 45.5 Å². The Morgan fingerprint density at radius 2 is 2.03 bits per heavy atom. The van der Waals surface area contributed by atoms with E-state index < -0.39 is 12.0 Å². The summed E-state index contributed by atoms with van der Waals surface area (Å²) in [5, 5.41) is 10.8. The van der Waals surface area contributed by atoms with Crippen molar-refractivity contribution in [1.29, 1.82) is 0 Å². The number of halogens is 3. The Balaban J connectivity index is 1.51. The van der Waals surface area contributed by atoms with E-state index in [1.54, 1.807) is 18.4 Å². The van der Waals surface area contributed by atoms with Gasteiger partial charge < -0.3 is 19.7 Å². The number of anilines is 2. The summed E-state index contributed by atoms with van der Waals surface area (Å²) in [6.07, 6.45) is -1.91. The van der Waals surface area contributed by atoms with Crippen LogP contribution in [0.1, 0.15) is 36.3 Å². The fourth-order valence-electron chi connectivity index (χ4n) is 4.61. The molecule has 1 amide bonds. The molecule has 0 spiro atoms. The average molecular weight is 495 g/mol. The summed E-state index contributed by atoms with van der Waals surface area (Å²) in [4.78, 5) is 27.8. The van der Waals surface area contributed by atoms with Gasteiger partial charge in [-0.2, -0.15) is 18.2 Å². The first-order valence-electron chi connectivity index (χ1n) is 11.3. The Bertz CT molecular complexity index is 1220. The number of carbonyl (C=O) groups is 1. The number of rotatable bonds is 5. The van der Waals surface area contributed by atoms with E-state index in [4.69, 9.17) is 9.97 Å². The van der Waals surface area contributed by atoms with E-state index in [1.807, 2.05) is 9.80 Å². The largest absolute Gasteiger partial charge is 0.451 e. The minimum Gasteiger partial charge on any atom is -0.359 e. The van der Waals surface area contributed by atoms with Crippen LogP contribution in [0.5, 0.6) is 0 Å². The van der Waals surface area contributed by atoms with E-state index in [1.165, 1.54) is 4.88 Å². The lowest BCUT2D eigenvalue weighted by atomic mass is 10.1. The quantitative estimate of drug-likeness (QED) is 0.583. The zero-order chi connectivity index (χ0) is 24.0. The molecule has 5 rings (SSSR count). The van der Waals surface area contributed by atoms with Crippen molar-refractivity contribution in [3.8, 4) is 0 Å². The van der Waals surface area contributed by atoms with Crippen LogP contribution >= 0.6 is 11.3 Å². The van der Waals surface area contributed by atoms with Crippen molar-refractivity contribution in [2.75, 3.05) is 36.5 Å². The minimum absolute atomic E-state index is 0.000919. The monoisotopic (exact) mass is 494 g/mol. The van der Waals surface area contributed by atoms with Gasteiger partial charge >= 0.3 is 6.18 Å². The van der Waals surface area contributed by atoms with E-state index in [-0.39, 0.29) is 30.7 Å². The SMILES string of the molecule is CCCc1cc2c(N3CCn4c(nnc4C(F)(F)F)C3)nc(N3CC[C@H](C(=O)NC)C3)nc2s1. The Hall–Kier alpha value is -2.96. The molecule has 1 atom stereocenters. The second-order valence-electron chi connectivity index (χ2n) is 8.59. The van der Waals surface area contributed by atoms with Crippen LogP contribution in [-0.4, -0.2) is 57.3 Å². The van der Waals surface area contributed by atoms with Gasteiger partial charge in [-0.05, 0) is 18.9 Å². The third kappa shape index (κ3) is 4.05. The van der Waals surface area contributed by atoms with Crippen molar-refractivity contribution >= 4 is 39.2 Å². The molecule has 182 valence electrons. The Labute approximate surface area is 198 Å². The third-order valence-electron chi connectivity index (χ3n) is 6.30. The second-order valence-corrected chi connectivity index (χ2v) is 9.70. The van der Waals surface area contributed by atoms with Crippen LogP contribution in [0.2, 0.25) is 0 Å². The van der Waals surface area contributed by atoms with Crippen molar-refractivity contribution < 1.29 is 18.0 Å². The number of aryl methyl sites for hydroxylation is 1. The molecular weight excluding hydrogens is 469 g/mol. The van der Waals surface area contributed by atoms with Crippen LogP contribution in [-0.2, 0) is 30.5 Å². The Morgan fingerprint density at radius 1 is 1.21 bits per heavy atom. The molecule has 9 nitrogen and oxygen atoms in total. The van der Waals surface area contributed by atoms with Crippen molar-refractivity contribution in [3.63, 3.8) is 0 Å². The van der Waals surface area contributed by atoms with Crippen LogP contribution in [0, 0.1) is 5.92 Å². The number of carbonyl (C=O) groups excluding carboxylic acids is 1. The number of nitrogens with one attached hydrogen (secondary N) is 1. The highest BCUT2D eigenvalue weighted by Crippen LogP contribution is 2.36. The lowest BCUT2D eigenvalue weighted by Gasteiger charge is -2.30. The van der Waals surface area contributed by atoms with Crippen LogP contribution in [0.4, 0.5) is 24.9 Å². The van der Waals surface area contributed by atoms with E-state index in [0.29, 0.717) is 31.4 Å². The molecule has 0 aromatic carbocycles. The zero-order valence-corrected chi connectivity index (χ0v) is 19.7. The van der Waals surface area contributed by atoms with Gasteiger partial charge in [0.2, 0.25) is 17.7 Å². The van der Waals surface area contributed by atoms with Crippen molar-refractivity contribution in [2.24, 2.45) is 5.92 Å². The predicted octanol–water partition coefficient (Wildman–Crippen LogP) is 2.85. The average Bonchev–Trinajstić information content (AvgIpc) is 3.54. The van der Waals surface area contributed by atoms with Crippen LogP contribution in [0.25, 0.3) is 10.2 Å². The number of aromatic nitrogens is 5. The first kappa shape index (κ1) is 22.8. The number of nitrogens with zero attached hydrogens (tertiary/aromatic N) is 7. The summed E-state index contributed by atoms with van der Waals surface area (Å²) in [5.74, 6) is 0.402. The van der Waals surface area contributed by atoms with Gasteiger partial charge in [0, 0.05) is 38.1 Å². The van der Waals surface area contributed by atoms with Gasteiger partial charge in [-0.1, -0.05) is 13.3 Å². The third-order valence-corrected chi connectivity index (χ3v) is 7.39. The van der Waals surface area contributed by atoms with Crippen LogP contribution < -0.4 is 15.1 Å². The molecule has 1 fully saturated rings. The molecule has 1 saturated heterocycles. The first-order valence-corrected chi connectivity index (χ1v) is 12.1. The van der Waals surface area contributed by atoms with Gasteiger partial charge in [-0.25, -0.2) is 4.98 Å². The fraction of sp³-hybridized carbons (Fsp3) is 0.571. The molecule has 34 heavy (non-hydrogen) atoms. The maximum Gasteiger partial charge on any atom is 0.451 e. The number of thiophene rings is 1. The van der Waals surface area contributed by atoms with Crippen molar-refractivity contribution in [3.05, 3.63) is 22.6 Å². The zero-order valence-electron chi connectivity index (χ0n) is 18.9. The van der Waals surface area contributed by atoms with Gasteiger partial charge in [0.1, 0.15) is 10.6 Å². The van der Waals surface area contributed by atoms with Gasteiger partial charge in [0.25, 0.3) is 0 Å². The maximum absolute atomic E-state index is 13.3. The highest BCUT2D eigenvalue weighted by atomic mass is 32.1. The molecule has 0 saturated carbocycles. The van der Waals surface area contributed by atoms with E-state index >= 15 is 0 Å². The van der Waals surface area contributed by atoms with Crippen molar-refractivity contribution in [1.82, 2.24) is 30.0 Å². The number of alkyl halides is 3. The predicted molar refractivity (Wildman–Crippen MR) is 122 cm³/mol. The van der Waals surface area contributed by atoms with E-state index in [2.05, 4.69) is 28.5 Å². The summed E-state index contributed by atoms with van der Waals surface area (Å²) >= 11 is 1.61. The molecule has 13 heteroatoms. The normalized spacial score (nSPS) is 18.6. The Kier molecular flexibility index (Phi) is 5.82. The second kappa shape index (κ2) is 8.67. The van der Waals surface area contributed by atoms with Crippen LogP contribution in [0.15, 0.2) is 6.07 Å². The lowest BCUT2D eigenvalue weighted by Crippen LogP contribution is -2.36. The van der Waals surface area contributed by atoms with Gasteiger partial charge in [-0.15, -0.1) is 21.5 Å². The molecule has 3 aromatic rings. The standard InChI is InChI=1S/C21H25F3N8OS/c1-3-4-13-9-14-16(30-7-8-32-15(11-30)28-29-19(32)21(22,23)24)26-20(27-18(14)34-13)31-6-5-12(10-31)17(33)25-2/h9,12H,3-8,10-11H2,1-2H3,(H,25,33)/t12-/m0/s1. The smallest absolute Gasteiger partial charge is 0.359 e. The maximum atomic E-state index is 13.3. The number of amides is 1. The molecule has 1 N–H and O–H groups in total. The minimum atomic E-state index is -4.54. The lowest BCUT2D eigenvalue weighted by molar-refractivity contribution is -0.147. The van der Waals surface area contributed by atoms with E-state index in [0.717, 1.165) is 34.0 Å². The molecule has 5 heterocycles. The van der Waals surface area contributed by atoms with Crippen LogP contribution in [0.3, 0.4) is 0 Å². The summed E-state index contributed by atoms with van der Waals surface area (Å²) in [5.41, 5.74) is 0.